The van der Waals surface area contributed by atoms with E-state index in [2.05, 4.69) is 0 Å². The van der Waals surface area contributed by atoms with Crippen LogP contribution in [0, 0.1) is 0 Å². The molecule has 0 amide bonds. The van der Waals surface area contributed by atoms with E-state index in [0.717, 1.165) is 6.92 Å². The van der Waals surface area contributed by atoms with Crippen molar-refractivity contribution < 1.29 is 18.3 Å². The van der Waals surface area contributed by atoms with Crippen molar-refractivity contribution in [1.29, 1.82) is 0 Å². The van der Waals surface area contributed by atoms with Gasteiger partial charge in [-0.25, -0.2) is 8.78 Å². The average Bonchev–Trinajstić information content (AvgIpc) is 2.72. The molecule has 0 atom stereocenters. The summed E-state index contributed by atoms with van der Waals surface area (Å²) in [5.41, 5.74) is 5.80. The number of hydrogen-bond donors (Lipinski definition) is 1. The number of ether oxygens (including phenoxy) is 2. The summed E-state index contributed by atoms with van der Waals surface area (Å²) >= 11 is 0. The highest BCUT2D eigenvalue weighted by Gasteiger charge is 2.28. The summed E-state index contributed by atoms with van der Waals surface area (Å²) in [7, 11) is 0. The highest BCUT2D eigenvalue weighted by molar-refractivity contribution is 5.65. The first-order valence-electron chi connectivity index (χ1n) is 5.21. The summed E-state index contributed by atoms with van der Waals surface area (Å²) in [5, 5.41) is 0. The zero-order chi connectivity index (χ0) is 12.5. The first kappa shape index (κ1) is 11.9. The Morgan fingerprint density at radius 3 is 2.82 bits per heavy atom. The quantitative estimate of drug-likeness (QED) is 0.884. The number of nitrogens with two attached hydrogens (primary N) is 1. The summed E-state index contributed by atoms with van der Waals surface area (Å²) in [6.45, 7) is 1.24. The average molecular weight is 241 g/mol. The van der Waals surface area contributed by atoms with E-state index in [1.54, 1.807) is 12.2 Å². The van der Waals surface area contributed by atoms with Crippen LogP contribution in [0.1, 0.15) is 18.1 Å². The minimum atomic E-state index is -2.91. The Morgan fingerprint density at radius 1 is 1.41 bits per heavy atom. The molecule has 2 N–H and O–H groups in total. The van der Waals surface area contributed by atoms with Crippen LogP contribution in [0.15, 0.2) is 18.2 Å². The molecule has 0 saturated carbocycles. The van der Waals surface area contributed by atoms with Gasteiger partial charge in [0, 0.05) is 24.6 Å². The molecule has 0 bridgehead atoms. The molecule has 0 saturated heterocycles. The molecular formula is C12H13F2NO2. The molecule has 1 aliphatic rings. The van der Waals surface area contributed by atoms with Crippen molar-refractivity contribution in [2.75, 3.05) is 13.3 Å². The largest absolute Gasteiger partial charge is 0.454 e. The third-order valence-electron chi connectivity index (χ3n) is 2.44. The topological polar surface area (TPSA) is 44.5 Å². The van der Waals surface area contributed by atoms with Gasteiger partial charge in [0.25, 0.3) is 5.92 Å². The third-order valence-corrected chi connectivity index (χ3v) is 2.44. The Balaban J connectivity index is 2.50. The van der Waals surface area contributed by atoms with Crippen LogP contribution >= 0.6 is 0 Å². The van der Waals surface area contributed by atoms with Crippen LogP contribution in [-0.2, 0) is 5.92 Å². The standard InChI is InChI=1S/C12H13F2NO2/c1-12(13,14)9-5-8(3-2-4-15)11-10(6-9)16-7-17-11/h2-3,5-6H,4,7,15H2,1H3/b3-2+. The van der Waals surface area contributed by atoms with Crippen LogP contribution in [0.5, 0.6) is 11.5 Å². The number of alkyl halides is 2. The van der Waals surface area contributed by atoms with E-state index < -0.39 is 5.92 Å². The van der Waals surface area contributed by atoms with Gasteiger partial charge < -0.3 is 15.2 Å². The Kier molecular flexibility index (Phi) is 3.02. The first-order chi connectivity index (χ1) is 8.02. The summed E-state index contributed by atoms with van der Waals surface area (Å²) in [4.78, 5) is 0. The molecule has 1 aromatic rings. The van der Waals surface area contributed by atoms with Gasteiger partial charge in [-0.3, -0.25) is 0 Å². The molecule has 5 heteroatoms. The molecule has 0 fully saturated rings. The molecular weight excluding hydrogens is 228 g/mol. The maximum absolute atomic E-state index is 13.3. The molecule has 1 aromatic carbocycles. The van der Waals surface area contributed by atoms with Crippen LogP contribution in [0.3, 0.4) is 0 Å². The summed E-state index contributed by atoms with van der Waals surface area (Å²) in [6.07, 6.45) is 3.33. The minimum absolute atomic E-state index is 0.0531. The molecule has 1 aliphatic heterocycles. The van der Waals surface area contributed by atoms with Crippen molar-refractivity contribution >= 4 is 6.08 Å². The summed E-state index contributed by atoms with van der Waals surface area (Å²) in [6, 6.07) is 2.70. The zero-order valence-corrected chi connectivity index (χ0v) is 9.37. The first-order valence-corrected chi connectivity index (χ1v) is 5.21. The fourth-order valence-corrected chi connectivity index (χ4v) is 1.61. The van der Waals surface area contributed by atoms with Crippen LogP contribution < -0.4 is 15.2 Å². The molecule has 0 spiro atoms. The van der Waals surface area contributed by atoms with E-state index >= 15 is 0 Å². The minimum Gasteiger partial charge on any atom is -0.454 e. The van der Waals surface area contributed by atoms with E-state index in [1.165, 1.54) is 12.1 Å². The van der Waals surface area contributed by atoms with Gasteiger partial charge in [-0.05, 0) is 12.1 Å². The van der Waals surface area contributed by atoms with E-state index in [-0.39, 0.29) is 12.4 Å². The van der Waals surface area contributed by atoms with Crippen LogP contribution in [-0.4, -0.2) is 13.3 Å². The second kappa shape index (κ2) is 4.33. The van der Waals surface area contributed by atoms with Crippen LogP contribution in [0.25, 0.3) is 6.08 Å². The molecule has 3 nitrogen and oxygen atoms in total. The normalized spacial score (nSPS) is 14.6. The van der Waals surface area contributed by atoms with E-state index in [4.69, 9.17) is 15.2 Å². The lowest BCUT2D eigenvalue weighted by atomic mass is 10.0. The lowest BCUT2D eigenvalue weighted by Gasteiger charge is -2.12. The van der Waals surface area contributed by atoms with Crippen molar-refractivity contribution in [3.05, 3.63) is 29.3 Å². The highest BCUT2D eigenvalue weighted by Crippen LogP contribution is 2.41. The predicted octanol–water partition coefficient (Wildman–Crippen LogP) is 2.50. The highest BCUT2D eigenvalue weighted by atomic mass is 19.3. The molecule has 17 heavy (non-hydrogen) atoms. The molecule has 0 aromatic heterocycles. The van der Waals surface area contributed by atoms with Crippen LogP contribution in [0.4, 0.5) is 8.78 Å². The molecule has 0 aliphatic carbocycles. The number of rotatable bonds is 3. The maximum Gasteiger partial charge on any atom is 0.270 e. The smallest absolute Gasteiger partial charge is 0.270 e. The Hall–Kier alpha value is -1.62. The van der Waals surface area contributed by atoms with Gasteiger partial charge in [-0.1, -0.05) is 12.2 Å². The van der Waals surface area contributed by atoms with Crippen molar-refractivity contribution in [2.24, 2.45) is 5.73 Å². The lowest BCUT2D eigenvalue weighted by Crippen LogP contribution is -2.07. The summed E-state index contributed by atoms with van der Waals surface area (Å²) < 4.78 is 36.9. The van der Waals surface area contributed by atoms with E-state index in [9.17, 15) is 8.78 Å². The molecule has 2 rings (SSSR count). The SMILES string of the molecule is CC(F)(F)c1cc(/C=C/CN)c2c(c1)OCO2. The number of halogens is 2. The Bertz CT molecular complexity index is 453. The van der Waals surface area contributed by atoms with Gasteiger partial charge in [0.1, 0.15) is 0 Å². The van der Waals surface area contributed by atoms with Gasteiger partial charge in [-0.15, -0.1) is 0 Å². The van der Waals surface area contributed by atoms with Gasteiger partial charge in [0.15, 0.2) is 11.5 Å². The number of fused-ring (bicyclic) bond motifs is 1. The van der Waals surface area contributed by atoms with Gasteiger partial charge in [0.05, 0.1) is 0 Å². The third kappa shape index (κ3) is 2.39. The van der Waals surface area contributed by atoms with E-state index in [1.807, 2.05) is 0 Å². The summed E-state index contributed by atoms with van der Waals surface area (Å²) in [5.74, 6) is -2.07. The van der Waals surface area contributed by atoms with Crippen molar-refractivity contribution in [2.45, 2.75) is 12.8 Å². The fraction of sp³-hybridized carbons (Fsp3) is 0.333. The predicted molar refractivity (Wildman–Crippen MR) is 60.2 cm³/mol. The molecule has 92 valence electrons. The second-order valence-corrected chi connectivity index (χ2v) is 3.83. The monoisotopic (exact) mass is 241 g/mol. The van der Waals surface area contributed by atoms with Gasteiger partial charge in [-0.2, -0.15) is 0 Å². The number of hydrogen-bond acceptors (Lipinski definition) is 3. The second-order valence-electron chi connectivity index (χ2n) is 3.83. The Labute approximate surface area is 97.8 Å². The van der Waals surface area contributed by atoms with Crippen molar-refractivity contribution in [3.63, 3.8) is 0 Å². The molecule has 1 heterocycles. The van der Waals surface area contributed by atoms with E-state index in [0.29, 0.717) is 23.6 Å². The van der Waals surface area contributed by atoms with Crippen molar-refractivity contribution in [3.8, 4) is 11.5 Å². The van der Waals surface area contributed by atoms with Gasteiger partial charge in [0.2, 0.25) is 6.79 Å². The van der Waals surface area contributed by atoms with Crippen molar-refractivity contribution in [1.82, 2.24) is 0 Å². The zero-order valence-electron chi connectivity index (χ0n) is 9.37. The van der Waals surface area contributed by atoms with Gasteiger partial charge >= 0.3 is 0 Å². The molecule has 0 unspecified atom stereocenters. The fourth-order valence-electron chi connectivity index (χ4n) is 1.61. The number of benzene rings is 1. The maximum atomic E-state index is 13.3. The lowest BCUT2D eigenvalue weighted by molar-refractivity contribution is 0.0172. The van der Waals surface area contributed by atoms with Crippen LogP contribution in [0.2, 0.25) is 0 Å². The Morgan fingerprint density at radius 2 is 2.18 bits per heavy atom. The molecule has 0 radical (unpaired) electrons.